The molecular weight excluding hydrogens is 348 g/mol. The molecule has 116 valence electrons. The smallest absolute Gasteiger partial charge is 0.258 e. The molecule has 5 nitrogen and oxygen atoms in total. The normalized spacial score (nSPS) is 10.3. The predicted octanol–water partition coefficient (Wildman–Crippen LogP) is 2.23. The van der Waals surface area contributed by atoms with Gasteiger partial charge in [0, 0.05) is 11.0 Å². The van der Waals surface area contributed by atoms with Gasteiger partial charge in [-0.1, -0.05) is 28.1 Å². The van der Waals surface area contributed by atoms with Gasteiger partial charge in [0.25, 0.3) is 5.91 Å². The topological polar surface area (TPSA) is 67.4 Å². The average Bonchev–Trinajstić information content (AvgIpc) is 2.51. The van der Waals surface area contributed by atoms with E-state index in [0.717, 1.165) is 15.2 Å². The molecule has 2 rings (SSSR count). The molecule has 0 aromatic heterocycles. The SMILES string of the molecule is CCNC(=O)CNC(=O)COc1ccc2cc(Br)ccc2c1. The lowest BCUT2D eigenvalue weighted by molar-refractivity contribution is -0.127. The van der Waals surface area contributed by atoms with Crippen molar-refractivity contribution in [3.63, 3.8) is 0 Å². The number of likely N-dealkylation sites (N-methyl/N-ethyl adjacent to an activating group) is 1. The van der Waals surface area contributed by atoms with Gasteiger partial charge >= 0.3 is 0 Å². The Kier molecular flexibility index (Phi) is 5.77. The molecule has 0 aliphatic rings. The van der Waals surface area contributed by atoms with E-state index in [-0.39, 0.29) is 25.0 Å². The molecular formula is C16H17BrN2O3. The predicted molar refractivity (Wildman–Crippen MR) is 88.8 cm³/mol. The fourth-order valence-corrected chi connectivity index (χ4v) is 2.30. The number of carbonyl (C=O) groups is 2. The van der Waals surface area contributed by atoms with E-state index in [1.807, 2.05) is 43.3 Å². The number of hydrogen-bond donors (Lipinski definition) is 2. The van der Waals surface area contributed by atoms with Gasteiger partial charge in [-0.15, -0.1) is 0 Å². The maximum absolute atomic E-state index is 11.6. The van der Waals surface area contributed by atoms with Crippen molar-refractivity contribution in [3.8, 4) is 5.75 Å². The van der Waals surface area contributed by atoms with Crippen LogP contribution in [-0.4, -0.2) is 31.5 Å². The van der Waals surface area contributed by atoms with Crippen LogP contribution in [0.4, 0.5) is 0 Å². The molecule has 22 heavy (non-hydrogen) atoms. The van der Waals surface area contributed by atoms with E-state index in [0.29, 0.717) is 12.3 Å². The van der Waals surface area contributed by atoms with Gasteiger partial charge < -0.3 is 15.4 Å². The first-order valence-corrected chi connectivity index (χ1v) is 7.73. The van der Waals surface area contributed by atoms with E-state index in [9.17, 15) is 9.59 Å². The van der Waals surface area contributed by atoms with Gasteiger partial charge in [0.05, 0.1) is 6.54 Å². The molecule has 0 saturated carbocycles. The van der Waals surface area contributed by atoms with Crippen LogP contribution < -0.4 is 15.4 Å². The minimum atomic E-state index is -0.331. The first-order chi connectivity index (χ1) is 10.6. The number of halogens is 1. The molecule has 0 saturated heterocycles. The highest BCUT2D eigenvalue weighted by atomic mass is 79.9. The van der Waals surface area contributed by atoms with Crippen LogP contribution >= 0.6 is 15.9 Å². The van der Waals surface area contributed by atoms with Crippen molar-refractivity contribution in [1.82, 2.24) is 10.6 Å². The molecule has 0 spiro atoms. The fourth-order valence-electron chi connectivity index (χ4n) is 1.92. The van der Waals surface area contributed by atoms with Crippen molar-refractivity contribution in [2.45, 2.75) is 6.92 Å². The Balaban J connectivity index is 1.87. The summed E-state index contributed by atoms with van der Waals surface area (Å²) in [6, 6.07) is 11.6. The average molecular weight is 365 g/mol. The van der Waals surface area contributed by atoms with Crippen molar-refractivity contribution in [2.24, 2.45) is 0 Å². The fraction of sp³-hybridized carbons (Fsp3) is 0.250. The third-order valence-corrected chi connectivity index (χ3v) is 3.46. The summed E-state index contributed by atoms with van der Waals surface area (Å²) < 4.78 is 6.46. The third kappa shape index (κ3) is 4.73. The number of carbonyl (C=O) groups excluding carboxylic acids is 2. The third-order valence-electron chi connectivity index (χ3n) is 2.96. The molecule has 0 fully saturated rings. The van der Waals surface area contributed by atoms with Crippen molar-refractivity contribution >= 4 is 38.5 Å². The number of ether oxygens (including phenoxy) is 1. The van der Waals surface area contributed by atoms with Gasteiger partial charge in [-0.3, -0.25) is 9.59 Å². The summed E-state index contributed by atoms with van der Waals surface area (Å²) in [6.07, 6.45) is 0. The van der Waals surface area contributed by atoms with Crippen LogP contribution in [0.5, 0.6) is 5.75 Å². The van der Waals surface area contributed by atoms with Gasteiger partial charge in [0.2, 0.25) is 5.91 Å². The molecule has 0 unspecified atom stereocenters. The Morgan fingerprint density at radius 2 is 1.77 bits per heavy atom. The highest BCUT2D eigenvalue weighted by Gasteiger charge is 2.06. The van der Waals surface area contributed by atoms with Crippen LogP contribution in [0.15, 0.2) is 40.9 Å². The molecule has 0 aliphatic carbocycles. The Morgan fingerprint density at radius 3 is 2.55 bits per heavy atom. The second kappa shape index (κ2) is 7.79. The summed E-state index contributed by atoms with van der Waals surface area (Å²) in [5.74, 6) is 0.0669. The van der Waals surface area contributed by atoms with Crippen LogP contribution in [0.3, 0.4) is 0 Å². The van der Waals surface area contributed by atoms with Crippen LogP contribution in [0.25, 0.3) is 10.8 Å². The lowest BCUT2D eigenvalue weighted by Crippen LogP contribution is -2.38. The molecule has 0 aliphatic heterocycles. The molecule has 0 bridgehead atoms. The van der Waals surface area contributed by atoms with E-state index in [1.165, 1.54) is 0 Å². The zero-order valence-corrected chi connectivity index (χ0v) is 13.8. The zero-order valence-electron chi connectivity index (χ0n) is 12.2. The summed E-state index contributed by atoms with van der Waals surface area (Å²) in [6.45, 7) is 2.20. The Hall–Kier alpha value is -2.08. The van der Waals surface area contributed by atoms with E-state index >= 15 is 0 Å². The van der Waals surface area contributed by atoms with Gasteiger partial charge in [-0.25, -0.2) is 0 Å². The Labute approximate surface area is 137 Å². The van der Waals surface area contributed by atoms with E-state index in [1.54, 1.807) is 0 Å². The van der Waals surface area contributed by atoms with E-state index in [2.05, 4.69) is 26.6 Å². The largest absolute Gasteiger partial charge is 0.484 e. The van der Waals surface area contributed by atoms with E-state index < -0.39 is 0 Å². The van der Waals surface area contributed by atoms with E-state index in [4.69, 9.17) is 4.74 Å². The van der Waals surface area contributed by atoms with Crippen molar-refractivity contribution in [1.29, 1.82) is 0 Å². The van der Waals surface area contributed by atoms with Crippen molar-refractivity contribution in [3.05, 3.63) is 40.9 Å². The second-order valence-electron chi connectivity index (χ2n) is 4.67. The van der Waals surface area contributed by atoms with Crippen molar-refractivity contribution in [2.75, 3.05) is 19.7 Å². The minimum Gasteiger partial charge on any atom is -0.484 e. The standard InChI is InChI=1S/C16H17BrN2O3/c1-2-18-15(20)9-19-16(21)10-22-14-6-4-11-7-13(17)5-3-12(11)8-14/h3-8H,2,9-10H2,1H3,(H,18,20)(H,19,21). The lowest BCUT2D eigenvalue weighted by atomic mass is 10.1. The van der Waals surface area contributed by atoms with Gasteiger partial charge in [-0.05, 0) is 42.0 Å². The molecule has 2 aromatic rings. The number of rotatable bonds is 6. The van der Waals surface area contributed by atoms with Crippen LogP contribution in [0.2, 0.25) is 0 Å². The highest BCUT2D eigenvalue weighted by Crippen LogP contribution is 2.23. The van der Waals surface area contributed by atoms with Crippen LogP contribution in [-0.2, 0) is 9.59 Å². The van der Waals surface area contributed by atoms with Gasteiger partial charge in [0.15, 0.2) is 6.61 Å². The number of benzene rings is 2. The summed E-state index contributed by atoms with van der Waals surface area (Å²) in [4.78, 5) is 22.8. The molecule has 0 atom stereocenters. The molecule has 2 N–H and O–H groups in total. The van der Waals surface area contributed by atoms with Crippen LogP contribution in [0.1, 0.15) is 6.92 Å². The first kappa shape index (κ1) is 16.3. The highest BCUT2D eigenvalue weighted by molar-refractivity contribution is 9.10. The molecule has 2 amide bonds. The van der Waals surface area contributed by atoms with Gasteiger partial charge in [0.1, 0.15) is 5.75 Å². The summed E-state index contributed by atoms with van der Waals surface area (Å²) >= 11 is 3.42. The molecule has 2 aromatic carbocycles. The lowest BCUT2D eigenvalue weighted by Gasteiger charge is -2.08. The minimum absolute atomic E-state index is 0.0399. The Morgan fingerprint density at radius 1 is 1.05 bits per heavy atom. The Bertz CT molecular complexity index is 688. The monoisotopic (exact) mass is 364 g/mol. The first-order valence-electron chi connectivity index (χ1n) is 6.94. The number of nitrogens with one attached hydrogen (secondary N) is 2. The number of fused-ring (bicyclic) bond motifs is 1. The van der Waals surface area contributed by atoms with Crippen LogP contribution in [0, 0.1) is 0 Å². The molecule has 0 heterocycles. The summed E-state index contributed by atoms with van der Waals surface area (Å²) in [7, 11) is 0. The number of amides is 2. The van der Waals surface area contributed by atoms with Crippen molar-refractivity contribution < 1.29 is 14.3 Å². The molecule has 6 heteroatoms. The maximum Gasteiger partial charge on any atom is 0.258 e. The maximum atomic E-state index is 11.6. The quantitative estimate of drug-likeness (QED) is 0.825. The summed E-state index contributed by atoms with van der Waals surface area (Å²) in [5, 5.41) is 7.22. The molecule has 0 radical (unpaired) electrons. The second-order valence-corrected chi connectivity index (χ2v) is 5.59. The number of hydrogen-bond acceptors (Lipinski definition) is 3. The summed E-state index contributed by atoms with van der Waals surface area (Å²) in [5.41, 5.74) is 0. The van der Waals surface area contributed by atoms with Gasteiger partial charge in [-0.2, -0.15) is 0 Å². The zero-order chi connectivity index (χ0) is 15.9.